The van der Waals surface area contributed by atoms with Gasteiger partial charge in [-0.2, -0.15) is 0 Å². The van der Waals surface area contributed by atoms with Crippen molar-refractivity contribution in [1.82, 2.24) is 20.4 Å². The van der Waals surface area contributed by atoms with Gasteiger partial charge in [0, 0.05) is 6.92 Å². The van der Waals surface area contributed by atoms with Crippen molar-refractivity contribution < 1.29 is 9.21 Å². The second-order valence-corrected chi connectivity index (χ2v) is 6.63. The van der Waals surface area contributed by atoms with Gasteiger partial charge in [-0.3, -0.25) is 9.69 Å². The number of hydrogen-bond acceptors (Lipinski definition) is 5. The summed E-state index contributed by atoms with van der Waals surface area (Å²) >= 11 is 0. The zero-order valence-corrected chi connectivity index (χ0v) is 15.0. The zero-order valence-electron chi connectivity index (χ0n) is 15.0. The molecule has 0 aliphatic carbocycles. The van der Waals surface area contributed by atoms with Crippen molar-refractivity contribution in [2.75, 3.05) is 14.1 Å². The molecule has 1 aromatic carbocycles. The standard InChI is InChI=1S/C18H26N4O2/c1-12(2)11-15(18-21-20-13(3)24-18)19-17(23)16(22(4)5)14-9-7-6-8-10-14/h6-10,12,15-16H,11H2,1-5H3,(H,19,23). The lowest BCUT2D eigenvalue weighted by Gasteiger charge is -2.26. The number of nitrogens with one attached hydrogen (secondary N) is 1. The third-order valence-corrected chi connectivity index (χ3v) is 3.74. The average Bonchev–Trinajstić information content (AvgIpc) is 2.93. The number of hydrogen-bond donors (Lipinski definition) is 1. The summed E-state index contributed by atoms with van der Waals surface area (Å²) in [5.74, 6) is 1.27. The lowest BCUT2D eigenvalue weighted by Crippen LogP contribution is -2.39. The Morgan fingerprint density at radius 1 is 1.21 bits per heavy atom. The highest BCUT2D eigenvalue weighted by atomic mass is 16.4. The van der Waals surface area contributed by atoms with Crippen LogP contribution < -0.4 is 5.32 Å². The van der Waals surface area contributed by atoms with Crippen LogP contribution >= 0.6 is 0 Å². The maximum atomic E-state index is 12.9. The lowest BCUT2D eigenvalue weighted by molar-refractivity contribution is -0.126. The normalized spacial score (nSPS) is 14.0. The molecule has 2 rings (SSSR count). The molecule has 6 nitrogen and oxygen atoms in total. The Balaban J connectivity index is 2.21. The topological polar surface area (TPSA) is 71.3 Å². The summed E-state index contributed by atoms with van der Waals surface area (Å²) in [5, 5.41) is 11.0. The van der Waals surface area contributed by atoms with Gasteiger partial charge in [0.15, 0.2) is 0 Å². The number of aryl methyl sites for hydroxylation is 1. The molecule has 24 heavy (non-hydrogen) atoms. The molecule has 6 heteroatoms. The maximum Gasteiger partial charge on any atom is 0.242 e. The minimum absolute atomic E-state index is 0.0762. The summed E-state index contributed by atoms with van der Waals surface area (Å²) in [6.07, 6.45) is 0.738. The molecule has 0 aliphatic rings. The Bertz CT molecular complexity index is 652. The van der Waals surface area contributed by atoms with E-state index in [1.807, 2.05) is 49.3 Å². The molecule has 1 aromatic heterocycles. The number of rotatable bonds is 7. The van der Waals surface area contributed by atoms with Crippen molar-refractivity contribution in [2.24, 2.45) is 5.92 Å². The molecule has 0 radical (unpaired) electrons. The first-order chi connectivity index (χ1) is 11.4. The second kappa shape index (κ2) is 8.06. The number of carbonyl (C=O) groups excluding carboxylic acids is 1. The van der Waals surface area contributed by atoms with Crippen molar-refractivity contribution >= 4 is 5.91 Å². The third-order valence-electron chi connectivity index (χ3n) is 3.74. The van der Waals surface area contributed by atoms with Gasteiger partial charge in [0.2, 0.25) is 17.7 Å². The molecule has 2 aromatic rings. The van der Waals surface area contributed by atoms with Crippen molar-refractivity contribution in [2.45, 2.75) is 39.3 Å². The highest BCUT2D eigenvalue weighted by Gasteiger charge is 2.28. The van der Waals surface area contributed by atoms with Gasteiger partial charge in [-0.1, -0.05) is 44.2 Å². The fourth-order valence-corrected chi connectivity index (χ4v) is 2.72. The van der Waals surface area contributed by atoms with Crippen LogP contribution in [0.4, 0.5) is 0 Å². The molecule has 0 saturated heterocycles. The number of likely N-dealkylation sites (N-methyl/N-ethyl adjacent to an activating group) is 1. The third kappa shape index (κ3) is 4.64. The Kier molecular flexibility index (Phi) is 6.09. The number of aromatic nitrogens is 2. The smallest absolute Gasteiger partial charge is 0.242 e. The van der Waals surface area contributed by atoms with E-state index in [1.54, 1.807) is 6.92 Å². The quantitative estimate of drug-likeness (QED) is 0.845. The van der Waals surface area contributed by atoms with Gasteiger partial charge in [-0.25, -0.2) is 0 Å². The predicted molar refractivity (Wildman–Crippen MR) is 92.2 cm³/mol. The van der Waals surface area contributed by atoms with Crippen molar-refractivity contribution in [3.8, 4) is 0 Å². The van der Waals surface area contributed by atoms with Crippen LogP contribution in [0.15, 0.2) is 34.7 Å². The molecular formula is C18H26N4O2. The first kappa shape index (κ1) is 18.1. The zero-order chi connectivity index (χ0) is 17.7. The minimum Gasteiger partial charge on any atom is -0.423 e. The number of carbonyl (C=O) groups is 1. The maximum absolute atomic E-state index is 12.9. The summed E-state index contributed by atoms with van der Waals surface area (Å²) in [6.45, 7) is 5.95. The van der Waals surface area contributed by atoms with Crippen molar-refractivity contribution in [1.29, 1.82) is 0 Å². The van der Waals surface area contributed by atoms with Crippen LogP contribution in [0.25, 0.3) is 0 Å². The SMILES string of the molecule is Cc1nnc(C(CC(C)C)NC(=O)C(c2ccccc2)N(C)C)o1. The van der Waals surface area contributed by atoms with Gasteiger partial charge in [0.25, 0.3) is 0 Å². The Hall–Kier alpha value is -2.21. The highest BCUT2D eigenvalue weighted by molar-refractivity contribution is 5.83. The van der Waals surface area contributed by atoms with Gasteiger partial charge in [-0.15, -0.1) is 10.2 Å². The highest BCUT2D eigenvalue weighted by Crippen LogP contribution is 2.24. The van der Waals surface area contributed by atoms with Gasteiger partial charge in [0.05, 0.1) is 0 Å². The molecule has 0 fully saturated rings. The molecule has 1 heterocycles. The largest absolute Gasteiger partial charge is 0.423 e. The van der Waals surface area contributed by atoms with Gasteiger partial charge < -0.3 is 9.73 Å². The van der Waals surface area contributed by atoms with Crippen LogP contribution in [0.1, 0.15) is 49.7 Å². The molecule has 130 valence electrons. The van der Waals surface area contributed by atoms with Crippen LogP contribution in [-0.4, -0.2) is 35.1 Å². The van der Waals surface area contributed by atoms with Crippen LogP contribution in [0, 0.1) is 12.8 Å². The van der Waals surface area contributed by atoms with E-state index in [-0.39, 0.29) is 18.0 Å². The summed E-state index contributed by atoms with van der Waals surface area (Å²) in [6, 6.07) is 9.07. The molecule has 0 saturated carbocycles. The van der Waals surface area contributed by atoms with E-state index in [1.165, 1.54) is 0 Å². The van der Waals surface area contributed by atoms with E-state index in [0.29, 0.717) is 17.7 Å². The monoisotopic (exact) mass is 330 g/mol. The number of benzene rings is 1. The second-order valence-electron chi connectivity index (χ2n) is 6.63. The summed E-state index contributed by atoms with van der Waals surface area (Å²) < 4.78 is 5.54. The summed E-state index contributed by atoms with van der Waals surface area (Å²) in [7, 11) is 3.79. The summed E-state index contributed by atoms with van der Waals surface area (Å²) in [4.78, 5) is 14.8. The number of nitrogens with zero attached hydrogens (tertiary/aromatic N) is 3. The summed E-state index contributed by atoms with van der Waals surface area (Å²) in [5.41, 5.74) is 0.949. The molecule has 0 bridgehead atoms. The van der Waals surface area contributed by atoms with Gasteiger partial charge >= 0.3 is 0 Å². The molecule has 1 N–H and O–H groups in total. The molecule has 0 aliphatic heterocycles. The van der Waals surface area contributed by atoms with Gasteiger partial charge in [0.1, 0.15) is 12.1 Å². The molecular weight excluding hydrogens is 304 g/mol. The fraction of sp³-hybridized carbons (Fsp3) is 0.500. The Morgan fingerprint density at radius 2 is 1.88 bits per heavy atom. The lowest BCUT2D eigenvalue weighted by atomic mass is 10.0. The number of amides is 1. The fourth-order valence-electron chi connectivity index (χ4n) is 2.72. The molecule has 1 amide bonds. The van der Waals surface area contributed by atoms with Crippen LogP contribution in [-0.2, 0) is 4.79 Å². The first-order valence-electron chi connectivity index (χ1n) is 8.20. The van der Waals surface area contributed by atoms with E-state index in [4.69, 9.17) is 4.42 Å². The molecule has 0 spiro atoms. The van der Waals surface area contributed by atoms with Crippen LogP contribution in [0.5, 0.6) is 0 Å². The van der Waals surface area contributed by atoms with E-state index >= 15 is 0 Å². The van der Waals surface area contributed by atoms with E-state index < -0.39 is 0 Å². The minimum atomic E-state index is -0.370. The van der Waals surface area contributed by atoms with Crippen molar-refractivity contribution in [3.63, 3.8) is 0 Å². The van der Waals surface area contributed by atoms with Crippen LogP contribution in [0.3, 0.4) is 0 Å². The van der Waals surface area contributed by atoms with Crippen LogP contribution in [0.2, 0.25) is 0 Å². The predicted octanol–water partition coefficient (Wildman–Crippen LogP) is 2.88. The van der Waals surface area contributed by atoms with E-state index in [0.717, 1.165) is 12.0 Å². The first-order valence-corrected chi connectivity index (χ1v) is 8.20. The molecule has 2 atom stereocenters. The Morgan fingerprint density at radius 3 is 2.38 bits per heavy atom. The van der Waals surface area contributed by atoms with E-state index in [2.05, 4.69) is 29.4 Å². The average molecular weight is 330 g/mol. The Labute approximate surface area is 143 Å². The van der Waals surface area contributed by atoms with E-state index in [9.17, 15) is 4.79 Å². The van der Waals surface area contributed by atoms with Gasteiger partial charge in [-0.05, 0) is 32.0 Å². The van der Waals surface area contributed by atoms with Crippen molar-refractivity contribution in [3.05, 3.63) is 47.7 Å². The molecule has 2 unspecified atom stereocenters.